The number of hydrogen-bond acceptors (Lipinski definition) is 2. The molecule has 5 aromatic carbocycles. The molecule has 40 heavy (non-hydrogen) atoms. The molecule has 1 aliphatic rings. The fourth-order valence-corrected chi connectivity index (χ4v) is 9.19. The van der Waals surface area contributed by atoms with E-state index in [0.29, 0.717) is 5.75 Å². The molecule has 1 N–H and O–H groups in total. The summed E-state index contributed by atoms with van der Waals surface area (Å²) in [5, 5.41) is 13.4. The Bertz CT molecular complexity index is 1660. The molecule has 2 nitrogen and oxygen atoms in total. The van der Waals surface area contributed by atoms with Crippen LogP contribution in [0.5, 0.6) is 5.75 Å². The van der Waals surface area contributed by atoms with Gasteiger partial charge in [-0.25, -0.2) is 0 Å². The van der Waals surface area contributed by atoms with Crippen LogP contribution in [0.3, 0.4) is 0 Å². The summed E-state index contributed by atoms with van der Waals surface area (Å²) in [7, 11) is -0.732. The third kappa shape index (κ3) is 4.57. The number of aryl methyl sites for hydroxylation is 3. The molecule has 5 aromatic rings. The van der Waals surface area contributed by atoms with Crippen LogP contribution in [0.1, 0.15) is 34.2 Å². The van der Waals surface area contributed by atoms with E-state index in [2.05, 4.69) is 118 Å². The number of benzene rings is 5. The average molecular weight is 540 g/mol. The summed E-state index contributed by atoms with van der Waals surface area (Å²) in [5.41, 5.74) is 9.25. The number of aromatic hydroxyl groups is 1. The van der Waals surface area contributed by atoms with Crippen molar-refractivity contribution in [2.45, 2.75) is 32.6 Å². The third-order valence-electron chi connectivity index (χ3n) is 8.12. The summed E-state index contributed by atoms with van der Waals surface area (Å²) in [4.78, 5) is 5.64. The summed E-state index contributed by atoms with van der Waals surface area (Å²) in [6.45, 7) is 6.47. The van der Waals surface area contributed by atoms with Gasteiger partial charge in [-0.2, -0.15) is 0 Å². The minimum Gasteiger partial charge on any atom is -0.507 e. The van der Waals surface area contributed by atoms with Crippen LogP contribution in [-0.4, -0.2) is 16.7 Å². The molecule has 0 aromatic heterocycles. The lowest BCUT2D eigenvalue weighted by Gasteiger charge is -2.34. The maximum absolute atomic E-state index is 12.1. The number of nitrogens with zero attached hydrogens (tertiary/aromatic N) is 1. The highest BCUT2D eigenvalue weighted by Gasteiger charge is 2.50. The van der Waals surface area contributed by atoms with Gasteiger partial charge in [-0.15, -0.1) is 0 Å². The van der Waals surface area contributed by atoms with Crippen LogP contribution in [0, 0.1) is 20.8 Å². The van der Waals surface area contributed by atoms with Crippen molar-refractivity contribution in [1.82, 2.24) is 0 Å². The Morgan fingerprint density at radius 3 is 1.95 bits per heavy atom. The Kier molecular flexibility index (Phi) is 7.13. The van der Waals surface area contributed by atoms with Crippen LogP contribution in [0.2, 0.25) is 0 Å². The molecule has 0 bridgehead atoms. The third-order valence-corrected chi connectivity index (χ3v) is 10.7. The number of phenolic OH excluding ortho intramolecular Hbond substituents is 1. The molecule has 0 spiro atoms. The zero-order chi connectivity index (χ0) is 27.7. The molecular formula is C37H34NOP. The van der Waals surface area contributed by atoms with Gasteiger partial charge in [0.05, 0.1) is 16.6 Å². The minimum atomic E-state index is -0.732. The van der Waals surface area contributed by atoms with Crippen molar-refractivity contribution in [3.63, 3.8) is 0 Å². The minimum absolute atomic E-state index is 0.340. The zero-order valence-corrected chi connectivity index (χ0v) is 24.2. The first-order valence-corrected chi connectivity index (χ1v) is 15.4. The molecule has 0 radical (unpaired) electrons. The van der Waals surface area contributed by atoms with E-state index >= 15 is 0 Å². The standard InChI is InChI=1S/C37H34NOP/c1-26-24-27(2)34(28(3)25-26)38-36-37(30-16-9-5-10-17-30,22-23-40(36)31-18-11-6-12-19-31)33-21-13-20-32(35(33)39)29-14-7-4-8-15-29/h4-21,24-25,39H,22-23H2,1-3H3. The predicted octanol–water partition coefficient (Wildman–Crippen LogP) is 9.21. The van der Waals surface area contributed by atoms with E-state index in [1.807, 2.05) is 24.3 Å². The van der Waals surface area contributed by atoms with Crippen molar-refractivity contribution in [2.24, 2.45) is 4.99 Å². The largest absolute Gasteiger partial charge is 0.507 e. The van der Waals surface area contributed by atoms with E-state index in [-0.39, 0.29) is 0 Å². The smallest absolute Gasteiger partial charge is 0.127 e. The van der Waals surface area contributed by atoms with Crippen molar-refractivity contribution in [1.29, 1.82) is 0 Å². The Labute approximate surface area is 238 Å². The molecule has 2 atom stereocenters. The Balaban J connectivity index is 1.68. The molecule has 6 rings (SSSR count). The maximum atomic E-state index is 12.1. The van der Waals surface area contributed by atoms with E-state index in [9.17, 15) is 5.11 Å². The average Bonchev–Trinajstić information content (AvgIpc) is 3.36. The summed E-state index contributed by atoms with van der Waals surface area (Å²) in [5.74, 6) is 0.340. The summed E-state index contributed by atoms with van der Waals surface area (Å²) >= 11 is 0. The molecule has 2 unspecified atom stereocenters. The van der Waals surface area contributed by atoms with E-state index < -0.39 is 13.3 Å². The summed E-state index contributed by atoms with van der Waals surface area (Å²) < 4.78 is 0. The highest BCUT2D eigenvalue weighted by molar-refractivity contribution is 7.82. The molecule has 3 heteroatoms. The first-order chi connectivity index (χ1) is 19.5. The number of hydrogen-bond donors (Lipinski definition) is 1. The van der Waals surface area contributed by atoms with Gasteiger partial charge in [0.2, 0.25) is 0 Å². The fourth-order valence-electron chi connectivity index (χ4n) is 6.34. The van der Waals surface area contributed by atoms with Crippen LogP contribution < -0.4 is 5.30 Å². The lowest BCUT2D eigenvalue weighted by molar-refractivity contribution is 0.460. The van der Waals surface area contributed by atoms with E-state index in [1.54, 1.807) is 0 Å². The van der Waals surface area contributed by atoms with Crippen LogP contribution >= 0.6 is 7.92 Å². The first-order valence-electron chi connectivity index (χ1n) is 13.9. The molecule has 0 aliphatic carbocycles. The number of rotatable bonds is 5. The molecule has 1 heterocycles. The summed E-state index contributed by atoms with van der Waals surface area (Å²) in [6.07, 6.45) is 1.89. The topological polar surface area (TPSA) is 32.6 Å². The van der Waals surface area contributed by atoms with Gasteiger partial charge in [0.25, 0.3) is 0 Å². The Hall–Kier alpha value is -4.00. The zero-order valence-electron chi connectivity index (χ0n) is 23.3. The Morgan fingerprint density at radius 2 is 1.30 bits per heavy atom. The van der Waals surface area contributed by atoms with Crippen LogP contribution in [-0.2, 0) is 5.41 Å². The van der Waals surface area contributed by atoms with Gasteiger partial charge in [-0.05, 0) is 68.8 Å². The highest BCUT2D eigenvalue weighted by atomic mass is 31.1. The summed E-state index contributed by atoms with van der Waals surface area (Å²) in [6, 6.07) is 42.4. The van der Waals surface area contributed by atoms with Crippen LogP contribution in [0.4, 0.5) is 5.69 Å². The van der Waals surface area contributed by atoms with Gasteiger partial charge in [-0.3, -0.25) is 4.99 Å². The van der Waals surface area contributed by atoms with Crippen molar-refractivity contribution in [3.05, 3.63) is 149 Å². The SMILES string of the molecule is Cc1cc(C)c(N=C2P(c3ccccc3)CCC2(c2ccccc2)c2cccc(-c3ccccc3)c2O)c(C)c1. The second-order valence-electron chi connectivity index (χ2n) is 10.8. The van der Waals surface area contributed by atoms with E-state index in [1.165, 1.54) is 27.6 Å². The van der Waals surface area contributed by atoms with Crippen molar-refractivity contribution >= 4 is 24.4 Å². The Morgan fingerprint density at radius 1 is 0.700 bits per heavy atom. The lowest BCUT2D eigenvalue weighted by Crippen LogP contribution is -2.33. The molecule has 0 amide bonds. The van der Waals surface area contributed by atoms with Crippen LogP contribution in [0.25, 0.3) is 11.1 Å². The molecule has 198 valence electrons. The number of phenols is 1. The number of aliphatic imine (C=N–C) groups is 1. The normalized spacial score (nSPS) is 19.7. The van der Waals surface area contributed by atoms with Gasteiger partial charge in [0, 0.05) is 11.1 Å². The number of para-hydroxylation sites is 1. The quantitative estimate of drug-likeness (QED) is 0.222. The van der Waals surface area contributed by atoms with Gasteiger partial charge >= 0.3 is 0 Å². The van der Waals surface area contributed by atoms with Crippen molar-refractivity contribution in [2.75, 3.05) is 6.16 Å². The van der Waals surface area contributed by atoms with Crippen molar-refractivity contribution in [3.8, 4) is 16.9 Å². The van der Waals surface area contributed by atoms with Gasteiger partial charge in [-0.1, -0.05) is 127 Å². The molecular weight excluding hydrogens is 505 g/mol. The van der Waals surface area contributed by atoms with Crippen LogP contribution in [0.15, 0.2) is 126 Å². The second-order valence-corrected chi connectivity index (χ2v) is 13.0. The van der Waals surface area contributed by atoms with Gasteiger partial charge in [0.1, 0.15) is 5.75 Å². The van der Waals surface area contributed by atoms with Gasteiger partial charge in [0.15, 0.2) is 0 Å². The molecule has 1 saturated heterocycles. The molecule has 0 saturated carbocycles. The second kappa shape index (κ2) is 10.9. The lowest BCUT2D eigenvalue weighted by atomic mass is 9.72. The van der Waals surface area contributed by atoms with Crippen molar-refractivity contribution < 1.29 is 5.11 Å². The monoisotopic (exact) mass is 539 g/mol. The van der Waals surface area contributed by atoms with E-state index in [0.717, 1.165) is 40.4 Å². The first kappa shape index (κ1) is 26.2. The fraction of sp³-hybridized carbons (Fsp3) is 0.162. The highest BCUT2D eigenvalue weighted by Crippen LogP contribution is 2.60. The maximum Gasteiger partial charge on any atom is 0.127 e. The molecule has 1 aliphatic heterocycles. The predicted molar refractivity (Wildman–Crippen MR) is 171 cm³/mol. The van der Waals surface area contributed by atoms with E-state index in [4.69, 9.17) is 4.99 Å². The van der Waals surface area contributed by atoms with Gasteiger partial charge < -0.3 is 5.11 Å². The molecule has 1 fully saturated rings.